The molecular weight excluding hydrogens is 354 g/mol. The van der Waals surface area contributed by atoms with Gasteiger partial charge in [-0.1, -0.05) is 36.4 Å². The first-order valence-electron chi connectivity index (χ1n) is 8.94. The van der Waals surface area contributed by atoms with Gasteiger partial charge in [-0.2, -0.15) is 0 Å². The molecule has 0 spiro atoms. The zero-order valence-corrected chi connectivity index (χ0v) is 15.7. The maximum atomic E-state index is 10.5. The van der Waals surface area contributed by atoms with E-state index in [2.05, 4.69) is 20.3 Å². The molecule has 2 N–H and O–H groups in total. The molecule has 1 aromatic heterocycles. The number of methoxy groups -OCH3 is 1. The predicted octanol–water partition coefficient (Wildman–Crippen LogP) is 2.05. The molecule has 142 valence electrons. The molecule has 1 aliphatic heterocycles. The summed E-state index contributed by atoms with van der Waals surface area (Å²) in [5, 5.41) is 15.6. The van der Waals surface area contributed by atoms with E-state index in [-0.39, 0.29) is 11.9 Å². The van der Waals surface area contributed by atoms with E-state index >= 15 is 0 Å². The SMILES string of the molecule is COC[C@H](Nc1nc(/C=c2\ccc3c(c2)N=CN=3)c(O)n1C)c1ccccc1. The second kappa shape index (κ2) is 7.66. The van der Waals surface area contributed by atoms with Gasteiger partial charge in [0.15, 0.2) is 0 Å². The molecule has 1 atom stereocenters. The first-order chi connectivity index (χ1) is 13.7. The maximum Gasteiger partial charge on any atom is 0.220 e. The number of hydrogen-bond donors (Lipinski definition) is 2. The average Bonchev–Trinajstić information content (AvgIpc) is 3.28. The Labute approximate surface area is 162 Å². The second-order valence-corrected chi connectivity index (χ2v) is 6.53. The zero-order valence-electron chi connectivity index (χ0n) is 15.7. The highest BCUT2D eigenvalue weighted by atomic mass is 16.5. The van der Waals surface area contributed by atoms with Gasteiger partial charge >= 0.3 is 0 Å². The highest BCUT2D eigenvalue weighted by molar-refractivity contribution is 5.67. The molecule has 0 fully saturated rings. The van der Waals surface area contributed by atoms with Crippen molar-refractivity contribution in [3.8, 4) is 5.88 Å². The number of rotatable bonds is 6. The summed E-state index contributed by atoms with van der Waals surface area (Å²) in [5.41, 5.74) is 2.37. The standard InChI is InChI=1S/C21H21N5O2/c1-26-20(27)18(11-14-8-9-16-17(10-14)23-13-22-16)24-21(26)25-19(12-28-2)15-6-4-3-5-7-15/h3-11,13,19,27H,12H2,1-2H3,(H,24,25)/b14-11+/t19-/m0/s1. The minimum atomic E-state index is -0.0875. The highest BCUT2D eigenvalue weighted by Gasteiger charge is 2.17. The summed E-state index contributed by atoms with van der Waals surface area (Å²) in [7, 11) is 3.43. The van der Waals surface area contributed by atoms with Gasteiger partial charge in [-0.15, -0.1) is 0 Å². The number of benzene rings is 2. The van der Waals surface area contributed by atoms with Crippen LogP contribution in [-0.2, 0) is 11.8 Å². The Hall–Kier alpha value is -3.45. The summed E-state index contributed by atoms with van der Waals surface area (Å²) in [6.45, 7) is 0.475. The number of nitrogens with zero attached hydrogens (tertiary/aromatic N) is 4. The van der Waals surface area contributed by atoms with Crippen LogP contribution in [-0.4, -0.2) is 34.7 Å². The van der Waals surface area contributed by atoms with Crippen LogP contribution in [0.25, 0.3) is 6.08 Å². The van der Waals surface area contributed by atoms with Crippen LogP contribution in [0.15, 0.2) is 58.5 Å². The molecule has 0 bridgehead atoms. The average molecular weight is 375 g/mol. The lowest BCUT2D eigenvalue weighted by Gasteiger charge is -2.18. The van der Waals surface area contributed by atoms with E-state index in [4.69, 9.17) is 4.74 Å². The Balaban J connectivity index is 1.66. The van der Waals surface area contributed by atoms with Crippen molar-refractivity contribution in [2.24, 2.45) is 17.0 Å². The molecular formula is C21H21N5O2. The van der Waals surface area contributed by atoms with Gasteiger partial charge in [-0.05, 0) is 29.0 Å². The summed E-state index contributed by atoms with van der Waals surface area (Å²) in [4.78, 5) is 13.0. The summed E-state index contributed by atoms with van der Waals surface area (Å²) in [5.74, 6) is 0.643. The van der Waals surface area contributed by atoms with Crippen LogP contribution in [0.4, 0.5) is 11.6 Å². The number of aromatic hydroxyl groups is 1. The second-order valence-electron chi connectivity index (χ2n) is 6.53. The van der Waals surface area contributed by atoms with Gasteiger partial charge in [0.2, 0.25) is 11.8 Å². The van der Waals surface area contributed by atoms with Crippen LogP contribution in [0.3, 0.4) is 0 Å². The smallest absolute Gasteiger partial charge is 0.220 e. The Bertz CT molecular complexity index is 1140. The Morgan fingerprint density at radius 1 is 1.21 bits per heavy atom. The predicted molar refractivity (Wildman–Crippen MR) is 108 cm³/mol. The molecule has 4 rings (SSSR count). The van der Waals surface area contributed by atoms with Gasteiger partial charge < -0.3 is 15.2 Å². The van der Waals surface area contributed by atoms with Gasteiger partial charge in [-0.3, -0.25) is 4.57 Å². The number of nitrogens with one attached hydrogen (secondary N) is 1. The van der Waals surface area contributed by atoms with E-state index < -0.39 is 0 Å². The highest BCUT2D eigenvalue weighted by Crippen LogP contribution is 2.25. The van der Waals surface area contributed by atoms with E-state index in [1.54, 1.807) is 18.7 Å². The van der Waals surface area contributed by atoms with Gasteiger partial charge in [0.25, 0.3) is 0 Å². The lowest BCUT2D eigenvalue weighted by Crippen LogP contribution is -2.18. The fraction of sp³-hybridized carbons (Fsp3) is 0.190. The summed E-state index contributed by atoms with van der Waals surface area (Å²) < 4.78 is 6.98. The zero-order chi connectivity index (χ0) is 19.5. The first-order valence-corrected chi connectivity index (χ1v) is 8.94. The van der Waals surface area contributed by atoms with Crippen LogP contribution >= 0.6 is 0 Å². The minimum absolute atomic E-state index is 0.0837. The topological polar surface area (TPSA) is 84.0 Å². The van der Waals surface area contributed by atoms with Crippen molar-refractivity contribution in [3.63, 3.8) is 0 Å². The van der Waals surface area contributed by atoms with E-state index in [0.29, 0.717) is 18.2 Å². The van der Waals surface area contributed by atoms with Crippen molar-refractivity contribution in [2.45, 2.75) is 6.04 Å². The van der Waals surface area contributed by atoms with Crippen molar-refractivity contribution < 1.29 is 9.84 Å². The molecule has 7 nitrogen and oxygen atoms in total. The third kappa shape index (κ3) is 3.52. The van der Waals surface area contributed by atoms with Crippen molar-refractivity contribution in [3.05, 3.63) is 70.4 Å². The number of aliphatic imine (C=N–C) groups is 1. The number of anilines is 1. The van der Waals surface area contributed by atoms with Crippen LogP contribution in [0.5, 0.6) is 5.88 Å². The molecule has 0 unspecified atom stereocenters. The third-order valence-corrected chi connectivity index (χ3v) is 4.63. The Morgan fingerprint density at radius 3 is 2.82 bits per heavy atom. The molecule has 0 saturated carbocycles. The Kier molecular flexibility index (Phi) is 4.90. The normalized spacial score (nSPS) is 14.0. The number of imidazole rings is 1. The molecule has 0 aliphatic carbocycles. The molecule has 28 heavy (non-hydrogen) atoms. The van der Waals surface area contributed by atoms with Crippen molar-refractivity contribution in [2.75, 3.05) is 19.0 Å². The quantitative estimate of drug-likeness (QED) is 0.691. The Morgan fingerprint density at radius 2 is 2.04 bits per heavy atom. The van der Waals surface area contributed by atoms with Crippen molar-refractivity contribution in [1.82, 2.24) is 9.55 Å². The maximum absolute atomic E-state index is 10.5. The van der Waals surface area contributed by atoms with E-state index in [0.717, 1.165) is 21.8 Å². The van der Waals surface area contributed by atoms with Gasteiger partial charge in [-0.25, -0.2) is 15.0 Å². The molecule has 3 aromatic rings. The van der Waals surface area contributed by atoms with Gasteiger partial charge in [0.1, 0.15) is 12.0 Å². The first kappa shape index (κ1) is 17.9. The van der Waals surface area contributed by atoms with E-state index in [1.807, 2.05) is 54.6 Å². The molecule has 0 saturated heterocycles. The molecule has 2 heterocycles. The van der Waals surface area contributed by atoms with E-state index in [1.165, 1.54) is 6.34 Å². The molecule has 0 amide bonds. The fourth-order valence-electron chi connectivity index (χ4n) is 3.12. The number of fused-ring (bicyclic) bond motifs is 1. The van der Waals surface area contributed by atoms with Crippen LogP contribution in [0, 0.1) is 0 Å². The lowest BCUT2D eigenvalue weighted by atomic mass is 10.1. The fourth-order valence-corrected chi connectivity index (χ4v) is 3.12. The lowest BCUT2D eigenvalue weighted by molar-refractivity contribution is 0.186. The summed E-state index contributed by atoms with van der Waals surface area (Å²) in [6, 6.07) is 15.7. The molecule has 1 aliphatic rings. The van der Waals surface area contributed by atoms with Crippen LogP contribution < -0.4 is 15.9 Å². The van der Waals surface area contributed by atoms with Gasteiger partial charge in [0.05, 0.1) is 23.7 Å². The van der Waals surface area contributed by atoms with Crippen molar-refractivity contribution >= 4 is 24.1 Å². The number of ether oxygens (including phenoxy) is 1. The monoisotopic (exact) mass is 375 g/mol. The van der Waals surface area contributed by atoms with Crippen LogP contribution in [0.2, 0.25) is 0 Å². The largest absolute Gasteiger partial charge is 0.493 e. The summed E-state index contributed by atoms with van der Waals surface area (Å²) >= 11 is 0. The third-order valence-electron chi connectivity index (χ3n) is 4.63. The van der Waals surface area contributed by atoms with E-state index in [9.17, 15) is 5.11 Å². The van der Waals surface area contributed by atoms with Gasteiger partial charge in [0, 0.05) is 14.2 Å². The minimum Gasteiger partial charge on any atom is -0.493 e. The number of aromatic nitrogens is 2. The number of hydrogen-bond acceptors (Lipinski definition) is 6. The summed E-state index contributed by atoms with van der Waals surface area (Å²) in [6.07, 6.45) is 3.36. The molecule has 7 heteroatoms. The van der Waals surface area contributed by atoms with Crippen molar-refractivity contribution in [1.29, 1.82) is 0 Å². The molecule has 2 aromatic carbocycles. The molecule has 0 radical (unpaired) electrons. The van der Waals surface area contributed by atoms with Crippen LogP contribution in [0.1, 0.15) is 17.3 Å².